The summed E-state index contributed by atoms with van der Waals surface area (Å²) >= 11 is 9.12. The normalized spacial score (nSPS) is 12.7. The second kappa shape index (κ2) is 5.38. The number of benzene rings is 1. The van der Waals surface area contributed by atoms with Crippen LogP contribution in [0.1, 0.15) is 17.4 Å². The van der Waals surface area contributed by atoms with Crippen LogP contribution in [0.15, 0.2) is 33.4 Å². The number of nitrogens with one attached hydrogen (secondary N) is 1. The molecule has 6 heteroatoms. The van der Waals surface area contributed by atoms with Crippen LogP contribution in [0.3, 0.4) is 0 Å². The molecule has 1 atom stereocenters. The van der Waals surface area contributed by atoms with Gasteiger partial charge < -0.3 is 9.73 Å². The van der Waals surface area contributed by atoms with Gasteiger partial charge in [0.05, 0.1) is 6.04 Å². The molecular formula is C12H9BrClF2NO. The lowest BCUT2D eigenvalue weighted by Gasteiger charge is -2.16. The van der Waals surface area contributed by atoms with E-state index in [4.69, 9.17) is 16.0 Å². The fraction of sp³-hybridized carbons (Fsp3) is 0.167. The van der Waals surface area contributed by atoms with Gasteiger partial charge in [0, 0.05) is 5.02 Å². The number of hydrogen-bond acceptors (Lipinski definition) is 2. The SMILES string of the molecule is CNC(c1ccc(Br)o1)c1cc(F)c(F)cc1Cl. The first-order valence-corrected chi connectivity index (χ1v) is 6.27. The van der Waals surface area contributed by atoms with E-state index in [9.17, 15) is 8.78 Å². The Morgan fingerprint density at radius 3 is 2.50 bits per heavy atom. The summed E-state index contributed by atoms with van der Waals surface area (Å²) in [5.41, 5.74) is 0.417. The predicted octanol–water partition coefficient (Wildman–Crippen LogP) is 4.28. The molecule has 0 spiro atoms. The van der Waals surface area contributed by atoms with Gasteiger partial charge in [0.1, 0.15) is 5.76 Å². The van der Waals surface area contributed by atoms with E-state index < -0.39 is 17.7 Å². The summed E-state index contributed by atoms with van der Waals surface area (Å²) in [6.45, 7) is 0. The largest absolute Gasteiger partial charge is 0.452 e. The van der Waals surface area contributed by atoms with Crippen molar-refractivity contribution in [3.8, 4) is 0 Å². The minimum atomic E-state index is -0.973. The Morgan fingerprint density at radius 2 is 1.94 bits per heavy atom. The molecule has 0 amide bonds. The van der Waals surface area contributed by atoms with Gasteiger partial charge in [-0.1, -0.05) is 11.6 Å². The third-order valence-electron chi connectivity index (χ3n) is 2.52. The van der Waals surface area contributed by atoms with Crippen molar-refractivity contribution in [1.82, 2.24) is 5.32 Å². The predicted molar refractivity (Wildman–Crippen MR) is 68.7 cm³/mol. The van der Waals surface area contributed by atoms with Crippen LogP contribution in [0.25, 0.3) is 0 Å². The van der Waals surface area contributed by atoms with E-state index in [-0.39, 0.29) is 5.02 Å². The van der Waals surface area contributed by atoms with E-state index in [1.165, 1.54) is 0 Å². The summed E-state index contributed by atoms with van der Waals surface area (Å²) in [7, 11) is 1.68. The second-order valence-electron chi connectivity index (χ2n) is 3.65. The minimum absolute atomic E-state index is 0.140. The average molecular weight is 337 g/mol. The van der Waals surface area contributed by atoms with Crippen LogP contribution < -0.4 is 5.32 Å². The molecule has 0 radical (unpaired) electrons. The van der Waals surface area contributed by atoms with Crippen LogP contribution in [-0.4, -0.2) is 7.05 Å². The van der Waals surface area contributed by atoms with Crippen molar-refractivity contribution in [2.24, 2.45) is 0 Å². The van der Waals surface area contributed by atoms with Gasteiger partial charge in [-0.2, -0.15) is 0 Å². The van der Waals surface area contributed by atoms with E-state index in [0.29, 0.717) is 16.0 Å². The third kappa shape index (κ3) is 2.58. The number of furan rings is 1. The highest BCUT2D eigenvalue weighted by Crippen LogP contribution is 2.31. The Hall–Kier alpha value is -0.910. The van der Waals surface area contributed by atoms with Crippen LogP contribution in [-0.2, 0) is 0 Å². The van der Waals surface area contributed by atoms with Crippen LogP contribution in [0.4, 0.5) is 8.78 Å². The zero-order chi connectivity index (χ0) is 13.3. The molecule has 1 aromatic heterocycles. The van der Waals surface area contributed by atoms with Gasteiger partial charge in [-0.15, -0.1) is 0 Å². The Labute approximate surface area is 116 Å². The molecule has 18 heavy (non-hydrogen) atoms. The molecule has 0 saturated carbocycles. The molecule has 0 aliphatic carbocycles. The van der Waals surface area contributed by atoms with E-state index in [0.717, 1.165) is 12.1 Å². The van der Waals surface area contributed by atoms with Crippen molar-refractivity contribution in [1.29, 1.82) is 0 Å². The van der Waals surface area contributed by atoms with Gasteiger partial charge in [0.25, 0.3) is 0 Å². The lowest BCUT2D eigenvalue weighted by atomic mass is 10.0. The molecule has 0 saturated heterocycles. The molecular weight excluding hydrogens is 327 g/mol. The lowest BCUT2D eigenvalue weighted by Crippen LogP contribution is -2.18. The van der Waals surface area contributed by atoms with Crippen molar-refractivity contribution < 1.29 is 13.2 Å². The van der Waals surface area contributed by atoms with E-state index in [1.807, 2.05) is 0 Å². The molecule has 1 N–H and O–H groups in total. The standard InChI is InChI=1S/C12H9BrClF2NO/c1-17-12(10-2-3-11(13)18-10)6-4-8(15)9(16)5-7(6)14/h2-5,12,17H,1H3. The Kier molecular flexibility index (Phi) is 4.04. The quantitative estimate of drug-likeness (QED) is 0.846. The van der Waals surface area contributed by atoms with Crippen LogP contribution in [0, 0.1) is 11.6 Å². The average Bonchev–Trinajstić information content (AvgIpc) is 2.73. The van der Waals surface area contributed by atoms with Crippen molar-refractivity contribution in [2.45, 2.75) is 6.04 Å². The number of halogens is 4. The molecule has 1 aromatic carbocycles. The first-order chi connectivity index (χ1) is 8.52. The van der Waals surface area contributed by atoms with Gasteiger partial charge in [-0.3, -0.25) is 0 Å². The molecule has 0 fully saturated rings. The highest BCUT2D eigenvalue weighted by Gasteiger charge is 2.20. The van der Waals surface area contributed by atoms with Gasteiger partial charge in [-0.25, -0.2) is 8.78 Å². The van der Waals surface area contributed by atoms with Gasteiger partial charge in [-0.05, 0) is 52.8 Å². The Morgan fingerprint density at radius 1 is 1.28 bits per heavy atom. The zero-order valence-electron chi connectivity index (χ0n) is 9.31. The van der Waals surface area contributed by atoms with E-state index in [2.05, 4.69) is 21.2 Å². The number of rotatable bonds is 3. The second-order valence-corrected chi connectivity index (χ2v) is 4.84. The van der Waals surface area contributed by atoms with Crippen LogP contribution >= 0.6 is 27.5 Å². The summed E-state index contributed by atoms with van der Waals surface area (Å²) in [5.74, 6) is -1.36. The first kappa shape index (κ1) is 13.5. The minimum Gasteiger partial charge on any atom is -0.452 e. The molecule has 1 heterocycles. The maximum Gasteiger partial charge on any atom is 0.169 e. The van der Waals surface area contributed by atoms with Crippen molar-refractivity contribution in [3.63, 3.8) is 0 Å². The maximum absolute atomic E-state index is 13.3. The smallest absolute Gasteiger partial charge is 0.169 e. The molecule has 0 aliphatic heterocycles. The molecule has 2 nitrogen and oxygen atoms in total. The van der Waals surface area contributed by atoms with Gasteiger partial charge >= 0.3 is 0 Å². The maximum atomic E-state index is 13.3. The highest BCUT2D eigenvalue weighted by molar-refractivity contribution is 9.10. The summed E-state index contributed by atoms with van der Waals surface area (Å²) in [4.78, 5) is 0. The summed E-state index contributed by atoms with van der Waals surface area (Å²) in [6.07, 6.45) is 0. The molecule has 0 aliphatic rings. The zero-order valence-corrected chi connectivity index (χ0v) is 11.6. The third-order valence-corrected chi connectivity index (χ3v) is 3.27. The monoisotopic (exact) mass is 335 g/mol. The lowest BCUT2D eigenvalue weighted by molar-refractivity contribution is 0.444. The van der Waals surface area contributed by atoms with Crippen molar-refractivity contribution in [2.75, 3.05) is 7.05 Å². The van der Waals surface area contributed by atoms with E-state index in [1.54, 1.807) is 19.2 Å². The van der Waals surface area contributed by atoms with Crippen LogP contribution in [0.5, 0.6) is 0 Å². The van der Waals surface area contributed by atoms with Crippen molar-refractivity contribution >= 4 is 27.5 Å². The molecule has 2 rings (SSSR count). The molecule has 2 aromatic rings. The fourth-order valence-electron chi connectivity index (χ4n) is 1.69. The summed E-state index contributed by atoms with van der Waals surface area (Å²) in [6, 6.07) is 5.01. The summed E-state index contributed by atoms with van der Waals surface area (Å²) in [5, 5.41) is 3.09. The molecule has 0 bridgehead atoms. The van der Waals surface area contributed by atoms with Gasteiger partial charge in [0.15, 0.2) is 16.3 Å². The fourth-order valence-corrected chi connectivity index (χ4v) is 2.27. The highest BCUT2D eigenvalue weighted by atomic mass is 79.9. The summed E-state index contributed by atoms with van der Waals surface area (Å²) < 4.78 is 32.2. The van der Waals surface area contributed by atoms with E-state index >= 15 is 0 Å². The Bertz CT molecular complexity index is 573. The first-order valence-electron chi connectivity index (χ1n) is 5.10. The van der Waals surface area contributed by atoms with Crippen molar-refractivity contribution in [3.05, 3.63) is 56.9 Å². The van der Waals surface area contributed by atoms with Crippen LogP contribution in [0.2, 0.25) is 5.02 Å². The van der Waals surface area contributed by atoms with Gasteiger partial charge in [0.2, 0.25) is 0 Å². The topological polar surface area (TPSA) is 25.2 Å². The Balaban J connectivity index is 2.48. The molecule has 1 unspecified atom stereocenters. The molecule has 96 valence electrons. The number of hydrogen-bond donors (Lipinski definition) is 1.